The zero-order valence-corrected chi connectivity index (χ0v) is 21.1. The van der Waals surface area contributed by atoms with Crippen LogP contribution < -0.4 is 10.1 Å². The molecular weight excluding hydrogens is 444 g/mol. The molecule has 1 fully saturated rings. The van der Waals surface area contributed by atoms with Crippen molar-refractivity contribution in [1.29, 1.82) is 0 Å². The van der Waals surface area contributed by atoms with Gasteiger partial charge in [0.05, 0.1) is 11.5 Å². The minimum absolute atomic E-state index is 0.00111. The highest BCUT2D eigenvalue weighted by molar-refractivity contribution is 5.88. The molecule has 34 heavy (non-hydrogen) atoms. The molecule has 1 N–H and O–H groups in total. The fourth-order valence-electron chi connectivity index (χ4n) is 3.35. The lowest BCUT2D eigenvalue weighted by Crippen LogP contribution is -2.49. The first-order valence-electron chi connectivity index (χ1n) is 11.3. The van der Waals surface area contributed by atoms with Gasteiger partial charge in [-0.3, -0.25) is 20.3 Å². The number of carbonyl (C=O) groups is 2. The first kappa shape index (κ1) is 27.2. The highest BCUT2D eigenvalue weighted by atomic mass is 16.6. The Hall–Kier alpha value is -3.08. The first-order chi connectivity index (χ1) is 15.7. The van der Waals surface area contributed by atoms with E-state index in [-0.39, 0.29) is 17.5 Å². The third kappa shape index (κ3) is 8.36. The van der Waals surface area contributed by atoms with Gasteiger partial charge in [-0.1, -0.05) is 0 Å². The van der Waals surface area contributed by atoms with Crippen LogP contribution in [0.25, 0.3) is 0 Å². The van der Waals surface area contributed by atoms with Crippen molar-refractivity contribution in [2.45, 2.75) is 66.2 Å². The molecular formula is C23H36N4O7. The second-order valence-corrected chi connectivity index (χ2v) is 10.0. The average Bonchev–Trinajstić information content (AvgIpc) is 2.67. The van der Waals surface area contributed by atoms with Crippen LogP contribution in [0.5, 0.6) is 5.75 Å². The molecule has 2 rings (SSSR count). The molecule has 1 saturated heterocycles. The molecule has 0 spiro atoms. The third-order valence-corrected chi connectivity index (χ3v) is 4.73. The summed E-state index contributed by atoms with van der Waals surface area (Å²) in [6, 6.07) is 2.87. The van der Waals surface area contributed by atoms with Gasteiger partial charge in [0.25, 0.3) is 5.69 Å². The van der Waals surface area contributed by atoms with E-state index in [1.165, 1.54) is 12.1 Å². The number of amides is 2. The first-order valence-corrected chi connectivity index (χ1v) is 11.3. The second kappa shape index (κ2) is 10.9. The van der Waals surface area contributed by atoms with Crippen LogP contribution in [0.4, 0.5) is 21.0 Å². The zero-order valence-electron chi connectivity index (χ0n) is 21.1. The summed E-state index contributed by atoms with van der Waals surface area (Å²) in [4.78, 5) is 39.4. The number of rotatable bonds is 6. The molecule has 0 bridgehead atoms. The topological polar surface area (TPSA) is 123 Å². The fraction of sp³-hybridized carbons (Fsp3) is 0.652. The summed E-state index contributed by atoms with van der Waals surface area (Å²) in [7, 11) is 0. The Kier molecular flexibility index (Phi) is 8.71. The number of nitro groups is 1. The number of ether oxygens (including phenoxy) is 3. The summed E-state index contributed by atoms with van der Waals surface area (Å²) < 4.78 is 16.4. The van der Waals surface area contributed by atoms with E-state index in [1.807, 2.05) is 27.7 Å². The standard InChI is InChI=1S/C23H36N4O7/c1-8-32-19-14-17(24-20(28)33-22(2,3)4)18(27(30)31)13-16(19)15-25-9-11-26(12-10-25)21(29)34-23(5,6)7/h13-14H,8-12,15H2,1-7H3,(H,24,28). The van der Waals surface area contributed by atoms with Crippen molar-refractivity contribution in [2.24, 2.45) is 0 Å². The molecule has 1 aromatic carbocycles. The molecule has 0 saturated carbocycles. The SMILES string of the molecule is CCOc1cc(NC(=O)OC(C)(C)C)c([N+](=O)[O-])cc1CN1CCN(C(=O)OC(C)(C)C)CC1. The van der Waals surface area contributed by atoms with Crippen LogP contribution in [-0.4, -0.2) is 70.9 Å². The number of nitrogens with zero attached hydrogens (tertiary/aromatic N) is 3. The number of anilines is 1. The van der Waals surface area contributed by atoms with Gasteiger partial charge in [0.1, 0.15) is 22.6 Å². The second-order valence-electron chi connectivity index (χ2n) is 10.0. The van der Waals surface area contributed by atoms with Gasteiger partial charge >= 0.3 is 12.2 Å². The Balaban J connectivity index is 2.17. The van der Waals surface area contributed by atoms with Gasteiger partial charge in [0.15, 0.2) is 0 Å². The van der Waals surface area contributed by atoms with Crippen LogP contribution in [0.2, 0.25) is 0 Å². The van der Waals surface area contributed by atoms with Crippen molar-refractivity contribution in [1.82, 2.24) is 9.80 Å². The van der Waals surface area contributed by atoms with Gasteiger partial charge in [-0.2, -0.15) is 0 Å². The molecule has 1 aromatic rings. The van der Waals surface area contributed by atoms with E-state index in [1.54, 1.807) is 25.7 Å². The Bertz CT molecular complexity index is 898. The van der Waals surface area contributed by atoms with E-state index in [4.69, 9.17) is 14.2 Å². The van der Waals surface area contributed by atoms with E-state index >= 15 is 0 Å². The van der Waals surface area contributed by atoms with Crippen molar-refractivity contribution < 1.29 is 28.7 Å². The van der Waals surface area contributed by atoms with Crippen LogP contribution in [0.1, 0.15) is 54.0 Å². The number of hydrogen-bond acceptors (Lipinski definition) is 8. The largest absolute Gasteiger partial charge is 0.493 e. The molecule has 0 unspecified atom stereocenters. The molecule has 11 heteroatoms. The van der Waals surface area contributed by atoms with E-state index in [2.05, 4.69) is 10.2 Å². The maximum absolute atomic E-state index is 12.3. The predicted octanol–water partition coefficient (Wildman–Crippen LogP) is 4.39. The predicted molar refractivity (Wildman–Crippen MR) is 127 cm³/mol. The van der Waals surface area contributed by atoms with Crippen molar-refractivity contribution in [3.8, 4) is 5.75 Å². The summed E-state index contributed by atoms with van der Waals surface area (Å²) >= 11 is 0. The van der Waals surface area contributed by atoms with Crippen LogP contribution in [0.3, 0.4) is 0 Å². The van der Waals surface area contributed by atoms with E-state index in [0.717, 1.165) is 0 Å². The molecule has 1 heterocycles. The highest BCUT2D eigenvalue weighted by Crippen LogP contribution is 2.34. The van der Waals surface area contributed by atoms with Crippen molar-refractivity contribution in [2.75, 3.05) is 38.1 Å². The number of carbonyl (C=O) groups excluding carboxylic acids is 2. The van der Waals surface area contributed by atoms with Gasteiger partial charge in [-0.15, -0.1) is 0 Å². The van der Waals surface area contributed by atoms with Gasteiger partial charge < -0.3 is 19.1 Å². The van der Waals surface area contributed by atoms with Crippen LogP contribution in [0, 0.1) is 10.1 Å². The Morgan fingerprint density at radius 2 is 1.62 bits per heavy atom. The molecule has 2 amide bonds. The fourth-order valence-corrected chi connectivity index (χ4v) is 3.35. The average molecular weight is 481 g/mol. The summed E-state index contributed by atoms with van der Waals surface area (Å²) in [6.45, 7) is 15.3. The van der Waals surface area contributed by atoms with E-state index in [9.17, 15) is 19.7 Å². The quantitative estimate of drug-likeness (QED) is 0.470. The number of nitrogens with one attached hydrogen (secondary N) is 1. The minimum atomic E-state index is -0.788. The lowest BCUT2D eigenvalue weighted by atomic mass is 10.1. The Morgan fingerprint density at radius 1 is 1.03 bits per heavy atom. The van der Waals surface area contributed by atoms with E-state index < -0.39 is 22.2 Å². The van der Waals surface area contributed by atoms with Gasteiger partial charge in [0.2, 0.25) is 0 Å². The molecule has 1 aliphatic heterocycles. The van der Waals surface area contributed by atoms with E-state index in [0.29, 0.717) is 50.6 Å². The molecule has 1 aliphatic rings. The van der Waals surface area contributed by atoms with Gasteiger partial charge in [0, 0.05) is 50.4 Å². The Labute approximate surface area is 200 Å². The Morgan fingerprint density at radius 3 is 2.12 bits per heavy atom. The molecule has 11 nitrogen and oxygen atoms in total. The zero-order chi connectivity index (χ0) is 25.7. The van der Waals surface area contributed by atoms with Gasteiger partial charge in [-0.05, 0) is 48.5 Å². The van der Waals surface area contributed by atoms with Crippen LogP contribution in [0.15, 0.2) is 12.1 Å². The monoisotopic (exact) mass is 480 g/mol. The van der Waals surface area contributed by atoms with Gasteiger partial charge in [-0.25, -0.2) is 9.59 Å². The van der Waals surface area contributed by atoms with Crippen molar-refractivity contribution in [3.63, 3.8) is 0 Å². The van der Waals surface area contributed by atoms with Crippen molar-refractivity contribution >= 4 is 23.6 Å². The maximum atomic E-state index is 12.3. The summed E-state index contributed by atoms with van der Waals surface area (Å²) in [5.41, 5.74) is -0.940. The molecule has 190 valence electrons. The summed E-state index contributed by atoms with van der Waals surface area (Å²) in [5, 5.41) is 14.2. The highest BCUT2D eigenvalue weighted by Gasteiger charge is 2.28. The number of benzene rings is 1. The molecule has 0 aromatic heterocycles. The third-order valence-electron chi connectivity index (χ3n) is 4.73. The van der Waals surface area contributed by atoms with Crippen LogP contribution >= 0.6 is 0 Å². The minimum Gasteiger partial charge on any atom is -0.493 e. The molecule has 0 atom stereocenters. The normalized spacial score (nSPS) is 15.0. The van der Waals surface area contributed by atoms with Crippen LogP contribution in [-0.2, 0) is 16.0 Å². The number of hydrogen-bond donors (Lipinski definition) is 1. The number of nitro benzene ring substituents is 1. The molecule has 0 radical (unpaired) electrons. The summed E-state index contributed by atoms with van der Waals surface area (Å²) in [6.07, 6.45) is -1.14. The summed E-state index contributed by atoms with van der Waals surface area (Å²) in [5.74, 6) is 0.439. The lowest BCUT2D eigenvalue weighted by Gasteiger charge is -2.35. The number of piperazine rings is 1. The lowest BCUT2D eigenvalue weighted by molar-refractivity contribution is -0.384. The maximum Gasteiger partial charge on any atom is 0.412 e. The van der Waals surface area contributed by atoms with Crippen molar-refractivity contribution in [3.05, 3.63) is 27.8 Å². The smallest absolute Gasteiger partial charge is 0.412 e. The molecule has 0 aliphatic carbocycles.